The second-order valence-corrected chi connectivity index (χ2v) is 6.30. The summed E-state index contributed by atoms with van der Waals surface area (Å²) in [7, 11) is 1.67. The van der Waals surface area contributed by atoms with E-state index in [2.05, 4.69) is 28.5 Å². The van der Waals surface area contributed by atoms with Crippen molar-refractivity contribution >= 4 is 16.6 Å². The number of ether oxygens (including phenoxy) is 1. The number of hydrogen-bond acceptors (Lipinski definition) is 4. The maximum absolute atomic E-state index is 5.26. The third kappa shape index (κ3) is 3.90. The van der Waals surface area contributed by atoms with E-state index in [0.29, 0.717) is 0 Å². The highest BCUT2D eigenvalue weighted by Gasteiger charge is 2.08. The first-order chi connectivity index (χ1) is 13.3. The van der Waals surface area contributed by atoms with E-state index in [1.807, 2.05) is 60.8 Å². The van der Waals surface area contributed by atoms with Gasteiger partial charge >= 0.3 is 0 Å². The van der Waals surface area contributed by atoms with E-state index in [0.717, 1.165) is 52.3 Å². The molecule has 0 bridgehead atoms. The average Bonchev–Trinajstić information content (AvgIpc) is 2.74. The molecule has 2 aromatic heterocycles. The largest absolute Gasteiger partial charge is 0.497 e. The van der Waals surface area contributed by atoms with Crippen LogP contribution in [0.4, 0.5) is 5.69 Å². The molecule has 0 fully saturated rings. The van der Waals surface area contributed by atoms with E-state index < -0.39 is 0 Å². The maximum atomic E-state index is 5.26. The topological polar surface area (TPSA) is 47.0 Å². The van der Waals surface area contributed by atoms with Gasteiger partial charge in [-0.25, -0.2) is 4.98 Å². The van der Waals surface area contributed by atoms with Crippen LogP contribution in [0.3, 0.4) is 0 Å². The Morgan fingerprint density at radius 2 is 1.74 bits per heavy atom. The number of rotatable bonds is 6. The molecule has 134 valence electrons. The first kappa shape index (κ1) is 17.0. The summed E-state index contributed by atoms with van der Waals surface area (Å²) >= 11 is 0. The van der Waals surface area contributed by atoms with Crippen LogP contribution in [0.25, 0.3) is 22.2 Å². The Balaban J connectivity index is 1.63. The summed E-state index contributed by atoms with van der Waals surface area (Å²) in [6.45, 7) is 0.813. The van der Waals surface area contributed by atoms with Crippen molar-refractivity contribution in [2.75, 3.05) is 19.0 Å². The van der Waals surface area contributed by atoms with Gasteiger partial charge in [-0.3, -0.25) is 4.98 Å². The number of fused-ring (bicyclic) bond motifs is 1. The fourth-order valence-electron chi connectivity index (χ4n) is 3.10. The Bertz CT molecular complexity index is 1030. The number of nitrogens with one attached hydrogen (secondary N) is 1. The Morgan fingerprint density at radius 1 is 0.926 bits per heavy atom. The first-order valence-corrected chi connectivity index (χ1v) is 9.01. The molecular weight excluding hydrogens is 334 g/mol. The van der Waals surface area contributed by atoms with Gasteiger partial charge in [-0.2, -0.15) is 0 Å². The highest BCUT2D eigenvalue weighted by molar-refractivity contribution is 5.93. The van der Waals surface area contributed by atoms with Gasteiger partial charge in [0.2, 0.25) is 0 Å². The van der Waals surface area contributed by atoms with Gasteiger partial charge in [-0.15, -0.1) is 0 Å². The second kappa shape index (κ2) is 7.87. The number of pyridine rings is 2. The van der Waals surface area contributed by atoms with Crippen molar-refractivity contribution in [3.05, 3.63) is 84.7 Å². The van der Waals surface area contributed by atoms with Gasteiger partial charge < -0.3 is 10.1 Å². The number of methoxy groups -OCH3 is 1. The van der Waals surface area contributed by atoms with Crippen LogP contribution in [0.2, 0.25) is 0 Å². The van der Waals surface area contributed by atoms with Gasteiger partial charge in [0.25, 0.3) is 0 Å². The van der Waals surface area contributed by atoms with Gasteiger partial charge in [0.05, 0.1) is 18.3 Å². The molecule has 0 atom stereocenters. The molecule has 27 heavy (non-hydrogen) atoms. The fourth-order valence-corrected chi connectivity index (χ4v) is 3.10. The molecule has 4 nitrogen and oxygen atoms in total. The van der Waals surface area contributed by atoms with Crippen LogP contribution in [0.5, 0.6) is 5.75 Å². The molecule has 0 unspecified atom stereocenters. The summed E-state index contributed by atoms with van der Waals surface area (Å²) in [5.74, 6) is 0.841. The van der Waals surface area contributed by atoms with Crippen molar-refractivity contribution in [1.29, 1.82) is 0 Å². The van der Waals surface area contributed by atoms with Gasteiger partial charge in [-0.05, 0) is 48.5 Å². The minimum Gasteiger partial charge on any atom is -0.497 e. The van der Waals surface area contributed by atoms with Gasteiger partial charge in [-0.1, -0.05) is 24.3 Å². The molecular formula is C23H21N3O. The van der Waals surface area contributed by atoms with Crippen LogP contribution in [-0.2, 0) is 6.42 Å². The van der Waals surface area contributed by atoms with Crippen molar-refractivity contribution in [3.8, 4) is 17.0 Å². The molecule has 2 aromatic carbocycles. The third-order valence-corrected chi connectivity index (χ3v) is 4.52. The predicted octanol–water partition coefficient (Wildman–Crippen LogP) is 4.96. The van der Waals surface area contributed by atoms with Gasteiger partial charge in [0.15, 0.2) is 0 Å². The third-order valence-electron chi connectivity index (χ3n) is 4.52. The number of hydrogen-bond donors (Lipinski definition) is 1. The van der Waals surface area contributed by atoms with Crippen molar-refractivity contribution in [3.63, 3.8) is 0 Å². The molecule has 4 heteroatoms. The number of nitrogens with zero attached hydrogens (tertiary/aromatic N) is 2. The van der Waals surface area contributed by atoms with Crippen molar-refractivity contribution < 1.29 is 4.74 Å². The van der Waals surface area contributed by atoms with Crippen LogP contribution in [0, 0.1) is 0 Å². The Hall–Kier alpha value is -3.40. The van der Waals surface area contributed by atoms with Crippen LogP contribution >= 0.6 is 0 Å². The summed E-state index contributed by atoms with van der Waals surface area (Å²) in [5.41, 5.74) is 5.15. The Labute approximate surface area is 158 Å². The lowest BCUT2D eigenvalue weighted by Gasteiger charge is -2.12. The van der Waals surface area contributed by atoms with E-state index >= 15 is 0 Å². The Kier molecular flexibility index (Phi) is 4.97. The lowest BCUT2D eigenvalue weighted by atomic mass is 10.1. The van der Waals surface area contributed by atoms with Crippen LogP contribution in [-0.4, -0.2) is 23.6 Å². The smallest absolute Gasteiger partial charge is 0.118 e. The summed E-state index contributed by atoms with van der Waals surface area (Å²) in [4.78, 5) is 9.22. The lowest BCUT2D eigenvalue weighted by Crippen LogP contribution is -2.07. The summed E-state index contributed by atoms with van der Waals surface area (Å²) in [6.07, 6.45) is 2.70. The van der Waals surface area contributed by atoms with Crippen molar-refractivity contribution in [2.45, 2.75) is 6.42 Å². The first-order valence-electron chi connectivity index (χ1n) is 9.01. The van der Waals surface area contributed by atoms with E-state index in [1.54, 1.807) is 7.11 Å². The maximum Gasteiger partial charge on any atom is 0.118 e. The minimum atomic E-state index is 0.813. The molecule has 0 aliphatic carbocycles. The molecule has 2 heterocycles. The van der Waals surface area contributed by atoms with Gasteiger partial charge in [0, 0.05) is 41.5 Å². The molecule has 0 spiro atoms. The minimum absolute atomic E-state index is 0.813. The van der Waals surface area contributed by atoms with Crippen molar-refractivity contribution in [1.82, 2.24) is 9.97 Å². The van der Waals surface area contributed by atoms with E-state index in [9.17, 15) is 0 Å². The number of aromatic nitrogens is 2. The number of anilines is 1. The van der Waals surface area contributed by atoms with Crippen molar-refractivity contribution in [2.24, 2.45) is 0 Å². The predicted molar refractivity (Wildman–Crippen MR) is 110 cm³/mol. The molecule has 4 rings (SSSR count). The zero-order valence-electron chi connectivity index (χ0n) is 15.2. The average molecular weight is 355 g/mol. The van der Waals surface area contributed by atoms with Crippen LogP contribution < -0.4 is 10.1 Å². The SMILES string of the molecule is COc1ccc(-c2cc(NCCc3ccccn3)c3ccccc3n2)cc1. The Morgan fingerprint density at radius 3 is 2.52 bits per heavy atom. The summed E-state index contributed by atoms with van der Waals surface area (Å²) in [5, 5.41) is 4.69. The zero-order chi connectivity index (χ0) is 18.5. The molecule has 0 saturated carbocycles. The zero-order valence-corrected chi connectivity index (χ0v) is 15.2. The highest BCUT2D eigenvalue weighted by atomic mass is 16.5. The molecule has 4 aromatic rings. The monoisotopic (exact) mass is 355 g/mol. The summed E-state index contributed by atoms with van der Waals surface area (Å²) in [6, 6.07) is 24.3. The standard InChI is InChI=1S/C23H21N3O/c1-27-19-11-9-17(10-12-19)22-16-23(20-7-2-3-8-21(20)26-22)25-15-13-18-6-4-5-14-24-18/h2-12,14,16H,13,15H2,1H3,(H,25,26). The molecule has 0 amide bonds. The van der Waals surface area contributed by atoms with E-state index in [1.165, 1.54) is 0 Å². The lowest BCUT2D eigenvalue weighted by molar-refractivity contribution is 0.415. The van der Waals surface area contributed by atoms with Crippen LogP contribution in [0.15, 0.2) is 79.0 Å². The number of benzene rings is 2. The molecule has 0 saturated heterocycles. The quantitative estimate of drug-likeness (QED) is 0.531. The normalized spacial score (nSPS) is 10.7. The number of para-hydroxylation sites is 1. The van der Waals surface area contributed by atoms with Crippen LogP contribution in [0.1, 0.15) is 5.69 Å². The second-order valence-electron chi connectivity index (χ2n) is 6.30. The molecule has 0 aliphatic heterocycles. The van der Waals surface area contributed by atoms with Gasteiger partial charge in [0.1, 0.15) is 5.75 Å². The molecule has 0 aliphatic rings. The molecule has 0 radical (unpaired) electrons. The summed E-state index contributed by atoms with van der Waals surface area (Å²) < 4.78 is 5.26. The highest BCUT2D eigenvalue weighted by Crippen LogP contribution is 2.29. The van der Waals surface area contributed by atoms with E-state index in [-0.39, 0.29) is 0 Å². The van der Waals surface area contributed by atoms with E-state index in [4.69, 9.17) is 9.72 Å². The fraction of sp³-hybridized carbons (Fsp3) is 0.130. The molecule has 1 N–H and O–H groups in total.